The predicted octanol–water partition coefficient (Wildman–Crippen LogP) is 1.53. The number of carbonyl (C=O) groups excluding carboxylic acids is 2. The van der Waals surface area contributed by atoms with E-state index in [1.165, 1.54) is 32.4 Å². The molecule has 0 fully saturated rings. The molecule has 0 saturated carbocycles. The van der Waals surface area contributed by atoms with Gasteiger partial charge in [-0.1, -0.05) is 0 Å². The van der Waals surface area contributed by atoms with E-state index in [0.29, 0.717) is 5.57 Å². The van der Waals surface area contributed by atoms with Crippen molar-refractivity contribution in [1.29, 1.82) is 0 Å². The number of carbonyl (C=O) groups is 2. The zero-order chi connectivity index (χ0) is 10.3. The zero-order valence-electron chi connectivity index (χ0n) is 7.87. The van der Waals surface area contributed by atoms with Crippen LogP contribution in [-0.2, 0) is 19.1 Å². The van der Waals surface area contributed by atoms with Crippen molar-refractivity contribution in [2.45, 2.75) is 20.8 Å². The first-order valence-corrected chi connectivity index (χ1v) is 3.70. The quantitative estimate of drug-likeness (QED) is 0.379. The minimum absolute atomic E-state index is 0.389. The fourth-order valence-corrected chi connectivity index (χ4v) is 0.452. The molecule has 0 heterocycles. The monoisotopic (exact) mass is 184 g/mol. The second-order valence-corrected chi connectivity index (χ2v) is 2.38. The SMILES string of the molecule is CC(=O)O/C=C\C(C)=C/OC(C)=O. The average molecular weight is 184 g/mol. The Hall–Kier alpha value is -1.58. The summed E-state index contributed by atoms with van der Waals surface area (Å²) in [6, 6.07) is 0. The van der Waals surface area contributed by atoms with Crippen molar-refractivity contribution in [2.24, 2.45) is 0 Å². The molecule has 0 unspecified atom stereocenters. The van der Waals surface area contributed by atoms with Crippen LogP contribution in [0.15, 0.2) is 24.2 Å². The Balaban J connectivity index is 3.91. The maximum Gasteiger partial charge on any atom is 0.307 e. The van der Waals surface area contributed by atoms with Gasteiger partial charge in [-0.3, -0.25) is 9.59 Å². The van der Waals surface area contributed by atoms with Crippen LogP contribution in [0.1, 0.15) is 20.8 Å². The van der Waals surface area contributed by atoms with Crippen molar-refractivity contribution in [2.75, 3.05) is 0 Å². The van der Waals surface area contributed by atoms with Gasteiger partial charge in [-0.2, -0.15) is 0 Å². The van der Waals surface area contributed by atoms with Crippen LogP contribution in [0.4, 0.5) is 0 Å². The van der Waals surface area contributed by atoms with Gasteiger partial charge in [0, 0.05) is 13.8 Å². The van der Waals surface area contributed by atoms with Gasteiger partial charge in [-0.15, -0.1) is 0 Å². The van der Waals surface area contributed by atoms with Gasteiger partial charge >= 0.3 is 11.9 Å². The van der Waals surface area contributed by atoms with Crippen LogP contribution in [0.2, 0.25) is 0 Å². The van der Waals surface area contributed by atoms with E-state index in [9.17, 15) is 9.59 Å². The van der Waals surface area contributed by atoms with Gasteiger partial charge in [0.15, 0.2) is 0 Å². The highest BCUT2D eigenvalue weighted by Gasteiger charge is 1.89. The van der Waals surface area contributed by atoms with Gasteiger partial charge in [0.25, 0.3) is 0 Å². The van der Waals surface area contributed by atoms with E-state index in [1.807, 2.05) is 0 Å². The Bertz CT molecular complexity index is 250. The molecule has 0 atom stereocenters. The Morgan fingerprint density at radius 3 is 2.00 bits per heavy atom. The van der Waals surface area contributed by atoms with E-state index in [2.05, 4.69) is 9.47 Å². The first-order chi connectivity index (χ1) is 6.02. The number of ether oxygens (including phenoxy) is 2. The maximum atomic E-state index is 10.4. The van der Waals surface area contributed by atoms with Gasteiger partial charge in [0.1, 0.15) is 0 Å². The molecule has 4 heteroatoms. The largest absolute Gasteiger partial charge is 0.435 e. The van der Waals surface area contributed by atoms with Crippen LogP contribution in [-0.4, -0.2) is 11.9 Å². The third-order valence-electron chi connectivity index (χ3n) is 0.976. The van der Waals surface area contributed by atoms with Crippen molar-refractivity contribution in [3.05, 3.63) is 24.2 Å². The molecule has 72 valence electrons. The summed E-state index contributed by atoms with van der Waals surface area (Å²) in [5.41, 5.74) is 0.677. The minimum atomic E-state index is -0.392. The molecule has 0 N–H and O–H groups in total. The molecule has 4 nitrogen and oxygen atoms in total. The summed E-state index contributed by atoms with van der Waals surface area (Å²) in [4.78, 5) is 20.7. The highest BCUT2D eigenvalue weighted by molar-refractivity contribution is 5.67. The summed E-state index contributed by atoms with van der Waals surface area (Å²) < 4.78 is 9.09. The summed E-state index contributed by atoms with van der Waals surface area (Å²) in [5.74, 6) is -0.781. The van der Waals surface area contributed by atoms with E-state index in [4.69, 9.17) is 0 Å². The van der Waals surface area contributed by atoms with E-state index in [0.717, 1.165) is 0 Å². The van der Waals surface area contributed by atoms with Crippen molar-refractivity contribution < 1.29 is 19.1 Å². The Morgan fingerprint density at radius 1 is 1.00 bits per heavy atom. The molecular weight excluding hydrogens is 172 g/mol. The Labute approximate surface area is 76.8 Å². The minimum Gasteiger partial charge on any atom is -0.435 e. The van der Waals surface area contributed by atoms with Gasteiger partial charge in [-0.05, 0) is 18.6 Å². The molecule has 0 amide bonds. The summed E-state index contributed by atoms with van der Waals surface area (Å²) in [5, 5.41) is 0. The number of hydrogen-bond donors (Lipinski definition) is 0. The highest BCUT2D eigenvalue weighted by atomic mass is 16.5. The maximum absolute atomic E-state index is 10.4. The molecule has 0 aromatic carbocycles. The first kappa shape index (κ1) is 11.4. The van der Waals surface area contributed by atoms with Crippen LogP contribution in [0.5, 0.6) is 0 Å². The molecule has 0 saturated heterocycles. The predicted molar refractivity (Wildman–Crippen MR) is 46.4 cm³/mol. The third-order valence-corrected chi connectivity index (χ3v) is 0.976. The smallest absolute Gasteiger partial charge is 0.307 e. The second-order valence-electron chi connectivity index (χ2n) is 2.38. The summed E-state index contributed by atoms with van der Waals surface area (Å²) in [6.07, 6.45) is 4.03. The van der Waals surface area contributed by atoms with Crippen LogP contribution < -0.4 is 0 Å². The molecule has 0 aliphatic rings. The number of allylic oxidation sites excluding steroid dienone is 2. The molecule has 0 aromatic rings. The number of rotatable bonds is 3. The van der Waals surface area contributed by atoms with Gasteiger partial charge in [0.05, 0.1) is 12.5 Å². The lowest BCUT2D eigenvalue weighted by atomic mass is 10.3. The molecule has 0 aromatic heterocycles. The lowest BCUT2D eigenvalue weighted by Gasteiger charge is -1.94. The lowest BCUT2D eigenvalue weighted by molar-refractivity contribution is -0.136. The summed E-state index contributed by atoms with van der Waals surface area (Å²) >= 11 is 0. The fraction of sp³-hybridized carbons (Fsp3) is 0.333. The standard InChI is InChI=1S/C9H12O4/c1-7(6-13-9(3)11)4-5-12-8(2)10/h4-6H,1-3H3/b5-4-,7-6-. The van der Waals surface area contributed by atoms with E-state index in [-0.39, 0.29) is 5.97 Å². The third kappa shape index (κ3) is 8.33. The molecule has 0 spiro atoms. The molecule has 0 radical (unpaired) electrons. The van der Waals surface area contributed by atoms with Gasteiger partial charge in [-0.25, -0.2) is 0 Å². The number of esters is 2. The molecule has 0 rings (SSSR count). The van der Waals surface area contributed by atoms with Crippen LogP contribution >= 0.6 is 0 Å². The average Bonchev–Trinajstić information content (AvgIpc) is 2.00. The summed E-state index contributed by atoms with van der Waals surface area (Å²) in [6.45, 7) is 4.32. The molecule has 13 heavy (non-hydrogen) atoms. The molecule has 0 aliphatic carbocycles. The molecule has 0 aliphatic heterocycles. The van der Waals surface area contributed by atoms with E-state index < -0.39 is 5.97 Å². The van der Waals surface area contributed by atoms with Crippen molar-refractivity contribution in [3.63, 3.8) is 0 Å². The van der Waals surface area contributed by atoms with Crippen LogP contribution in [0, 0.1) is 0 Å². The lowest BCUT2D eigenvalue weighted by Crippen LogP contribution is -1.91. The Morgan fingerprint density at radius 2 is 1.54 bits per heavy atom. The topological polar surface area (TPSA) is 52.6 Å². The normalized spacial score (nSPS) is 11.5. The summed E-state index contributed by atoms with van der Waals surface area (Å²) in [7, 11) is 0. The Kier molecular flexibility index (Phi) is 5.27. The van der Waals surface area contributed by atoms with Crippen molar-refractivity contribution >= 4 is 11.9 Å². The molecule has 0 bridgehead atoms. The zero-order valence-corrected chi connectivity index (χ0v) is 7.87. The highest BCUT2D eigenvalue weighted by Crippen LogP contribution is 1.96. The van der Waals surface area contributed by atoms with Gasteiger partial charge < -0.3 is 9.47 Å². The van der Waals surface area contributed by atoms with E-state index in [1.54, 1.807) is 6.92 Å². The molecular formula is C9H12O4. The fourth-order valence-electron chi connectivity index (χ4n) is 0.452. The van der Waals surface area contributed by atoms with Crippen LogP contribution in [0.25, 0.3) is 0 Å². The second kappa shape index (κ2) is 5.99. The van der Waals surface area contributed by atoms with Crippen molar-refractivity contribution in [3.8, 4) is 0 Å². The van der Waals surface area contributed by atoms with Gasteiger partial charge in [0.2, 0.25) is 0 Å². The first-order valence-electron chi connectivity index (χ1n) is 3.70. The van der Waals surface area contributed by atoms with Crippen LogP contribution in [0.3, 0.4) is 0 Å². The van der Waals surface area contributed by atoms with Crippen molar-refractivity contribution in [1.82, 2.24) is 0 Å². The van der Waals surface area contributed by atoms with E-state index >= 15 is 0 Å². The number of hydrogen-bond acceptors (Lipinski definition) is 4.